The van der Waals surface area contributed by atoms with Gasteiger partial charge >= 0.3 is 0 Å². The molecule has 1 aromatic rings. The summed E-state index contributed by atoms with van der Waals surface area (Å²) in [6.45, 7) is 0.229. The number of amidine groups is 1. The van der Waals surface area contributed by atoms with Crippen LogP contribution in [0.1, 0.15) is 5.56 Å². The molecule has 1 aromatic carbocycles. The average molecular weight is 176 g/mol. The molecule has 13 heavy (non-hydrogen) atoms. The zero-order chi connectivity index (χ0) is 9.68. The minimum absolute atomic E-state index is 0.0102. The van der Waals surface area contributed by atoms with Crippen molar-refractivity contribution in [2.75, 3.05) is 6.54 Å². The van der Waals surface area contributed by atoms with E-state index in [2.05, 4.69) is 11.2 Å². The van der Waals surface area contributed by atoms with Gasteiger partial charge in [0.25, 0.3) is 0 Å². The second-order valence-electron chi connectivity index (χ2n) is 2.41. The van der Waals surface area contributed by atoms with Gasteiger partial charge in [-0.1, -0.05) is 18.1 Å². The fourth-order valence-electron chi connectivity index (χ4n) is 0.899. The van der Waals surface area contributed by atoms with Crippen LogP contribution in [0, 0.1) is 23.6 Å². The number of hydrogen-bond acceptors (Lipinski definition) is 1. The molecule has 0 bridgehead atoms. The van der Waals surface area contributed by atoms with E-state index in [1.165, 1.54) is 12.1 Å². The molecular formula is C10H9FN2. The average Bonchev–Trinajstić information content (AvgIpc) is 2.15. The first-order valence-corrected chi connectivity index (χ1v) is 3.76. The number of rotatable bonds is 2. The molecule has 0 unspecified atom stereocenters. The molecule has 0 saturated heterocycles. The van der Waals surface area contributed by atoms with Crippen LogP contribution in [0.25, 0.3) is 0 Å². The van der Waals surface area contributed by atoms with Crippen molar-refractivity contribution in [2.24, 2.45) is 0 Å². The predicted molar refractivity (Wildman–Crippen MR) is 50.1 cm³/mol. The van der Waals surface area contributed by atoms with Gasteiger partial charge in [-0.2, -0.15) is 0 Å². The molecule has 0 atom stereocenters. The standard InChI is InChI=1S/C10H9FN2/c1-2-7-13-10(12)8-5-3-4-6-9(8)11/h1,3-6H,7H2,(H2,12,13). The minimum Gasteiger partial charge on any atom is -0.359 e. The Hall–Kier alpha value is -1.82. The van der Waals surface area contributed by atoms with Gasteiger partial charge in [-0.25, -0.2) is 4.39 Å². The van der Waals surface area contributed by atoms with Crippen molar-refractivity contribution in [1.82, 2.24) is 5.32 Å². The second kappa shape index (κ2) is 4.27. The molecule has 0 fully saturated rings. The maximum atomic E-state index is 13.0. The first-order chi connectivity index (χ1) is 6.25. The van der Waals surface area contributed by atoms with Gasteiger partial charge in [-0.3, -0.25) is 5.41 Å². The Morgan fingerprint density at radius 2 is 2.23 bits per heavy atom. The lowest BCUT2D eigenvalue weighted by Gasteiger charge is -2.04. The van der Waals surface area contributed by atoms with Crippen molar-refractivity contribution >= 4 is 5.84 Å². The van der Waals surface area contributed by atoms with Gasteiger partial charge < -0.3 is 5.32 Å². The molecule has 1 rings (SSSR count). The maximum absolute atomic E-state index is 13.0. The van der Waals surface area contributed by atoms with Crippen LogP contribution in [0.4, 0.5) is 4.39 Å². The van der Waals surface area contributed by atoms with Gasteiger partial charge in [0.1, 0.15) is 11.7 Å². The van der Waals surface area contributed by atoms with E-state index in [0.717, 1.165) is 0 Å². The number of benzene rings is 1. The van der Waals surface area contributed by atoms with Gasteiger partial charge in [0.05, 0.1) is 12.1 Å². The summed E-state index contributed by atoms with van der Waals surface area (Å²) in [6.07, 6.45) is 4.99. The summed E-state index contributed by atoms with van der Waals surface area (Å²) < 4.78 is 13.0. The number of halogens is 1. The molecule has 0 amide bonds. The fraction of sp³-hybridized carbons (Fsp3) is 0.100. The molecule has 0 radical (unpaired) electrons. The van der Waals surface area contributed by atoms with Crippen molar-refractivity contribution in [2.45, 2.75) is 0 Å². The highest BCUT2D eigenvalue weighted by Crippen LogP contribution is 2.05. The van der Waals surface area contributed by atoms with Crippen molar-refractivity contribution in [3.05, 3.63) is 35.6 Å². The summed E-state index contributed by atoms with van der Waals surface area (Å²) in [6, 6.07) is 6.08. The Morgan fingerprint density at radius 3 is 2.85 bits per heavy atom. The predicted octanol–water partition coefficient (Wildman–Crippen LogP) is 1.37. The van der Waals surface area contributed by atoms with E-state index in [1.807, 2.05) is 0 Å². The van der Waals surface area contributed by atoms with E-state index in [0.29, 0.717) is 0 Å². The van der Waals surface area contributed by atoms with Gasteiger partial charge in [0.2, 0.25) is 0 Å². The third kappa shape index (κ3) is 2.31. The normalized spacial score (nSPS) is 8.92. The molecule has 0 aliphatic heterocycles. The molecule has 0 aliphatic carbocycles. The largest absolute Gasteiger partial charge is 0.359 e. The Balaban J connectivity index is 2.78. The smallest absolute Gasteiger partial charge is 0.134 e. The summed E-state index contributed by atoms with van der Waals surface area (Å²) >= 11 is 0. The number of nitrogens with one attached hydrogen (secondary N) is 2. The summed E-state index contributed by atoms with van der Waals surface area (Å²) in [5, 5.41) is 10.0. The molecule has 0 saturated carbocycles. The van der Waals surface area contributed by atoms with Crippen LogP contribution >= 0.6 is 0 Å². The highest BCUT2D eigenvalue weighted by Gasteiger charge is 2.04. The second-order valence-corrected chi connectivity index (χ2v) is 2.41. The molecular weight excluding hydrogens is 167 g/mol. The van der Waals surface area contributed by atoms with E-state index >= 15 is 0 Å². The van der Waals surface area contributed by atoms with Gasteiger partial charge in [-0.15, -0.1) is 6.42 Å². The Morgan fingerprint density at radius 1 is 1.54 bits per heavy atom. The van der Waals surface area contributed by atoms with E-state index < -0.39 is 5.82 Å². The van der Waals surface area contributed by atoms with Crippen LogP contribution in [-0.4, -0.2) is 12.4 Å². The lowest BCUT2D eigenvalue weighted by Crippen LogP contribution is -2.24. The third-order valence-corrected chi connectivity index (χ3v) is 1.51. The van der Waals surface area contributed by atoms with Crippen LogP contribution in [0.3, 0.4) is 0 Å². The first kappa shape index (κ1) is 9.27. The van der Waals surface area contributed by atoms with Crippen LogP contribution in [0.15, 0.2) is 24.3 Å². The molecule has 3 heteroatoms. The van der Waals surface area contributed by atoms with Crippen LogP contribution in [0.5, 0.6) is 0 Å². The summed E-state index contributed by atoms with van der Waals surface area (Å²) in [4.78, 5) is 0. The minimum atomic E-state index is -0.419. The Bertz CT molecular complexity index is 352. The highest BCUT2D eigenvalue weighted by atomic mass is 19.1. The molecule has 66 valence electrons. The summed E-state index contributed by atoms with van der Waals surface area (Å²) in [7, 11) is 0. The van der Waals surface area contributed by atoms with Crippen molar-refractivity contribution in [3.63, 3.8) is 0 Å². The highest BCUT2D eigenvalue weighted by molar-refractivity contribution is 5.96. The Kier molecular flexibility index (Phi) is 3.04. The van der Waals surface area contributed by atoms with Crippen molar-refractivity contribution in [1.29, 1.82) is 5.41 Å². The quantitative estimate of drug-likeness (QED) is 0.398. The van der Waals surface area contributed by atoms with Gasteiger partial charge in [-0.05, 0) is 12.1 Å². The first-order valence-electron chi connectivity index (χ1n) is 3.76. The van der Waals surface area contributed by atoms with Crippen LogP contribution in [-0.2, 0) is 0 Å². The lowest BCUT2D eigenvalue weighted by molar-refractivity contribution is 0.624. The van der Waals surface area contributed by atoms with Gasteiger partial charge in [0, 0.05) is 0 Å². The van der Waals surface area contributed by atoms with Crippen LogP contribution < -0.4 is 5.32 Å². The van der Waals surface area contributed by atoms with Crippen LogP contribution in [0.2, 0.25) is 0 Å². The molecule has 0 spiro atoms. The zero-order valence-corrected chi connectivity index (χ0v) is 6.97. The summed E-state index contributed by atoms with van der Waals surface area (Å²) in [5.74, 6) is 1.90. The number of hydrogen-bond donors (Lipinski definition) is 2. The summed E-state index contributed by atoms with van der Waals surface area (Å²) in [5.41, 5.74) is 0.234. The topological polar surface area (TPSA) is 35.9 Å². The number of terminal acetylenes is 1. The monoisotopic (exact) mass is 176 g/mol. The zero-order valence-electron chi connectivity index (χ0n) is 6.97. The fourth-order valence-corrected chi connectivity index (χ4v) is 0.899. The van der Waals surface area contributed by atoms with Crippen molar-refractivity contribution < 1.29 is 4.39 Å². The maximum Gasteiger partial charge on any atom is 0.134 e. The molecule has 2 N–H and O–H groups in total. The van der Waals surface area contributed by atoms with Gasteiger partial charge in [0.15, 0.2) is 0 Å². The van der Waals surface area contributed by atoms with Crippen molar-refractivity contribution in [3.8, 4) is 12.3 Å². The van der Waals surface area contributed by atoms with E-state index in [1.54, 1.807) is 12.1 Å². The molecule has 0 aromatic heterocycles. The molecule has 2 nitrogen and oxygen atoms in total. The lowest BCUT2D eigenvalue weighted by atomic mass is 10.2. The third-order valence-electron chi connectivity index (χ3n) is 1.51. The van der Waals surface area contributed by atoms with E-state index in [9.17, 15) is 4.39 Å². The molecule has 0 aliphatic rings. The van der Waals surface area contributed by atoms with E-state index in [-0.39, 0.29) is 17.9 Å². The van der Waals surface area contributed by atoms with E-state index in [4.69, 9.17) is 11.8 Å². The molecule has 0 heterocycles. The Labute approximate surface area is 76.3 Å². The SMILES string of the molecule is C#CCNC(=N)c1ccccc1F.